The molecular weight excluding hydrogens is 398 g/mol. The van der Waals surface area contributed by atoms with Crippen LogP contribution in [0.25, 0.3) is 0 Å². The lowest BCUT2D eigenvalue weighted by atomic mass is 9.92. The molecule has 0 heterocycles. The zero-order valence-electron chi connectivity index (χ0n) is 11.0. The van der Waals surface area contributed by atoms with Gasteiger partial charge in [-0.3, -0.25) is 4.79 Å². The van der Waals surface area contributed by atoms with Gasteiger partial charge in [-0.1, -0.05) is 25.4 Å². The van der Waals surface area contributed by atoms with Crippen LogP contribution in [0.4, 0.5) is 0 Å². The second-order valence-electron chi connectivity index (χ2n) is 4.27. The quantitative estimate of drug-likeness (QED) is 0.720. The van der Waals surface area contributed by atoms with Crippen LogP contribution in [0, 0.1) is 3.57 Å². The van der Waals surface area contributed by atoms with E-state index in [2.05, 4.69) is 27.9 Å². The van der Waals surface area contributed by atoms with E-state index in [1.807, 2.05) is 19.9 Å². The molecule has 1 aromatic rings. The molecule has 0 aliphatic carbocycles. The van der Waals surface area contributed by atoms with E-state index in [4.69, 9.17) is 17.3 Å². The molecule has 3 nitrogen and oxygen atoms in total. The van der Waals surface area contributed by atoms with Gasteiger partial charge in [0.25, 0.3) is 5.91 Å². The highest BCUT2D eigenvalue weighted by Gasteiger charge is 2.27. The highest BCUT2D eigenvalue weighted by atomic mass is 127. The fourth-order valence-corrected chi connectivity index (χ4v) is 2.50. The smallest absolute Gasteiger partial charge is 0.252 e. The molecule has 0 saturated heterocycles. The van der Waals surface area contributed by atoms with Crippen molar-refractivity contribution < 1.29 is 4.79 Å². The summed E-state index contributed by atoms with van der Waals surface area (Å²) in [5.74, 6) is -0.115. The maximum absolute atomic E-state index is 12.3. The standard InChI is InChI=1S/C13H18ClIN2O.ClH/c1-3-13(4-2,8-16)17-12(18)10-7-9(14)5-6-11(10)15;/h5-7H,3-4,8,16H2,1-2H3,(H,17,18);1H. The molecule has 0 aliphatic rings. The van der Waals surface area contributed by atoms with Crippen LogP contribution in [0.15, 0.2) is 18.2 Å². The molecule has 0 radical (unpaired) electrons. The lowest BCUT2D eigenvalue weighted by Crippen LogP contribution is -2.53. The first kappa shape index (κ1) is 19.0. The third kappa shape index (κ3) is 4.77. The van der Waals surface area contributed by atoms with Crippen molar-refractivity contribution in [2.75, 3.05) is 6.54 Å². The molecule has 0 saturated carbocycles. The van der Waals surface area contributed by atoms with Crippen LogP contribution >= 0.6 is 46.6 Å². The Balaban J connectivity index is 0.00000324. The monoisotopic (exact) mass is 416 g/mol. The summed E-state index contributed by atoms with van der Waals surface area (Å²) in [7, 11) is 0. The van der Waals surface area contributed by atoms with Crippen molar-refractivity contribution in [3.63, 3.8) is 0 Å². The van der Waals surface area contributed by atoms with Crippen LogP contribution in [-0.4, -0.2) is 18.0 Å². The molecule has 108 valence electrons. The van der Waals surface area contributed by atoms with Gasteiger partial charge in [0.1, 0.15) is 0 Å². The van der Waals surface area contributed by atoms with Crippen molar-refractivity contribution in [1.29, 1.82) is 0 Å². The van der Waals surface area contributed by atoms with E-state index in [9.17, 15) is 4.79 Å². The van der Waals surface area contributed by atoms with Crippen LogP contribution in [0.5, 0.6) is 0 Å². The molecule has 0 spiro atoms. The van der Waals surface area contributed by atoms with E-state index >= 15 is 0 Å². The fraction of sp³-hybridized carbons (Fsp3) is 0.462. The molecule has 0 aliphatic heterocycles. The van der Waals surface area contributed by atoms with Gasteiger partial charge < -0.3 is 11.1 Å². The van der Waals surface area contributed by atoms with E-state index < -0.39 is 0 Å². The van der Waals surface area contributed by atoms with Crippen LogP contribution < -0.4 is 11.1 Å². The van der Waals surface area contributed by atoms with Crippen molar-refractivity contribution >= 4 is 52.5 Å². The third-order valence-electron chi connectivity index (χ3n) is 3.30. The highest BCUT2D eigenvalue weighted by molar-refractivity contribution is 14.1. The van der Waals surface area contributed by atoms with E-state index in [1.54, 1.807) is 12.1 Å². The Morgan fingerprint density at radius 2 is 2.00 bits per heavy atom. The van der Waals surface area contributed by atoms with Gasteiger partial charge in [0.15, 0.2) is 0 Å². The molecule has 0 atom stereocenters. The Bertz CT molecular complexity index is 428. The second kappa shape index (κ2) is 8.29. The second-order valence-corrected chi connectivity index (χ2v) is 5.87. The zero-order chi connectivity index (χ0) is 13.8. The molecule has 3 N–H and O–H groups in total. The van der Waals surface area contributed by atoms with Gasteiger partial charge in [0.05, 0.1) is 11.1 Å². The van der Waals surface area contributed by atoms with Gasteiger partial charge in [-0.15, -0.1) is 12.4 Å². The zero-order valence-corrected chi connectivity index (χ0v) is 14.7. The topological polar surface area (TPSA) is 55.1 Å². The number of nitrogens with one attached hydrogen (secondary N) is 1. The van der Waals surface area contributed by atoms with Gasteiger partial charge in [0, 0.05) is 15.1 Å². The van der Waals surface area contributed by atoms with E-state index in [0.717, 1.165) is 16.4 Å². The molecule has 0 bridgehead atoms. The summed E-state index contributed by atoms with van der Waals surface area (Å²) in [5, 5.41) is 3.60. The van der Waals surface area contributed by atoms with Crippen LogP contribution in [-0.2, 0) is 0 Å². The first-order chi connectivity index (χ1) is 8.48. The number of carbonyl (C=O) groups is 1. The van der Waals surface area contributed by atoms with Crippen molar-refractivity contribution in [1.82, 2.24) is 5.32 Å². The summed E-state index contributed by atoms with van der Waals surface area (Å²) in [6.45, 7) is 4.49. The number of benzene rings is 1. The van der Waals surface area contributed by atoms with Gasteiger partial charge in [-0.2, -0.15) is 0 Å². The molecule has 0 aromatic heterocycles. The average Bonchev–Trinajstić information content (AvgIpc) is 2.38. The number of carbonyl (C=O) groups excluding carboxylic acids is 1. The van der Waals surface area contributed by atoms with Crippen molar-refractivity contribution in [2.45, 2.75) is 32.2 Å². The van der Waals surface area contributed by atoms with Gasteiger partial charge in [-0.05, 0) is 53.6 Å². The molecule has 0 unspecified atom stereocenters. The largest absolute Gasteiger partial charge is 0.345 e. The van der Waals surface area contributed by atoms with Crippen molar-refractivity contribution in [3.05, 3.63) is 32.4 Å². The van der Waals surface area contributed by atoms with Crippen molar-refractivity contribution in [2.24, 2.45) is 5.73 Å². The van der Waals surface area contributed by atoms with E-state index in [1.165, 1.54) is 0 Å². The Kier molecular flexibility index (Phi) is 8.27. The summed E-state index contributed by atoms with van der Waals surface area (Å²) in [5.41, 5.74) is 6.05. The summed E-state index contributed by atoms with van der Waals surface area (Å²) >= 11 is 8.06. The SMILES string of the molecule is CCC(CC)(CN)NC(=O)c1cc(Cl)ccc1I.Cl. The first-order valence-electron chi connectivity index (χ1n) is 5.95. The number of amides is 1. The maximum Gasteiger partial charge on any atom is 0.252 e. The number of rotatable bonds is 5. The van der Waals surface area contributed by atoms with Gasteiger partial charge in [0.2, 0.25) is 0 Å². The number of nitrogens with two attached hydrogens (primary N) is 1. The molecule has 0 fully saturated rings. The normalized spacial score (nSPS) is 10.8. The molecule has 1 rings (SSSR count). The summed E-state index contributed by atoms with van der Waals surface area (Å²) in [6.07, 6.45) is 1.62. The minimum absolute atomic E-state index is 0. The van der Waals surface area contributed by atoms with Crippen LogP contribution in [0.3, 0.4) is 0 Å². The summed E-state index contributed by atoms with van der Waals surface area (Å²) in [4.78, 5) is 12.3. The minimum atomic E-state index is -0.331. The van der Waals surface area contributed by atoms with Gasteiger partial charge in [-0.25, -0.2) is 0 Å². The Morgan fingerprint density at radius 3 is 2.47 bits per heavy atom. The molecule has 1 aromatic carbocycles. The molecule has 6 heteroatoms. The maximum atomic E-state index is 12.3. The number of hydrogen-bond acceptors (Lipinski definition) is 2. The van der Waals surface area contributed by atoms with Gasteiger partial charge >= 0.3 is 0 Å². The van der Waals surface area contributed by atoms with Crippen molar-refractivity contribution in [3.8, 4) is 0 Å². The number of hydrogen-bond donors (Lipinski definition) is 2. The summed E-state index contributed by atoms with van der Waals surface area (Å²) in [6, 6.07) is 5.29. The number of halogens is 3. The molecular formula is C13H19Cl2IN2O. The van der Waals surface area contributed by atoms with E-state index in [0.29, 0.717) is 17.1 Å². The Morgan fingerprint density at radius 1 is 1.42 bits per heavy atom. The molecule has 19 heavy (non-hydrogen) atoms. The molecule has 1 amide bonds. The van der Waals surface area contributed by atoms with Crippen LogP contribution in [0.2, 0.25) is 5.02 Å². The predicted octanol–water partition coefficient (Wildman–Crippen LogP) is 3.61. The minimum Gasteiger partial charge on any atom is -0.345 e. The third-order valence-corrected chi connectivity index (χ3v) is 4.47. The predicted molar refractivity (Wildman–Crippen MR) is 91.3 cm³/mol. The van der Waals surface area contributed by atoms with E-state index in [-0.39, 0.29) is 23.9 Å². The van der Waals surface area contributed by atoms with Crippen LogP contribution in [0.1, 0.15) is 37.0 Å². The lowest BCUT2D eigenvalue weighted by molar-refractivity contribution is 0.0894. The first-order valence-corrected chi connectivity index (χ1v) is 7.41. The Labute approximate surface area is 139 Å². The average molecular weight is 417 g/mol. The highest BCUT2D eigenvalue weighted by Crippen LogP contribution is 2.20. The fourth-order valence-electron chi connectivity index (χ4n) is 1.75. The lowest BCUT2D eigenvalue weighted by Gasteiger charge is -2.31. The summed E-state index contributed by atoms with van der Waals surface area (Å²) < 4.78 is 0.882. The Hall–Kier alpha value is -0.0400.